The Morgan fingerprint density at radius 3 is 2.79 bits per heavy atom. The Labute approximate surface area is 188 Å². The summed E-state index contributed by atoms with van der Waals surface area (Å²) in [6, 6.07) is 14.4. The van der Waals surface area contributed by atoms with Crippen LogP contribution in [0.3, 0.4) is 0 Å². The maximum absolute atomic E-state index is 13.3. The molecule has 0 amide bonds. The lowest BCUT2D eigenvalue weighted by Gasteiger charge is -2.24. The Hall–Kier alpha value is -4.34. The van der Waals surface area contributed by atoms with Crippen molar-refractivity contribution in [1.82, 2.24) is 34.3 Å². The van der Waals surface area contributed by atoms with E-state index in [1.54, 1.807) is 17.1 Å². The first-order valence-corrected chi connectivity index (χ1v) is 10.6. The zero-order valence-electron chi connectivity index (χ0n) is 17.8. The SMILES string of the molecule is Cn1nccc1Nc1nccc(-c2cc3n4c(nnc4c2)[C@@H](Cc2ccc(F)cc2)CN3)n1. The summed E-state index contributed by atoms with van der Waals surface area (Å²) < 4.78 is 17.0. The highest BCUT2D eigenvalue weighted by atomic mass is 19.1. The summed E-state index contributed by atoms with van der Waals surface area (Å²) in [5, 5.41) is 19.7. The molecule has 2 N–H and O–H groups in total. The van der Waals surface area contributed by atoms with E-state index < -0.39 is 0 Å². The fourth-order valence-corrected chi connectivity index (χ4v) is 4.16. The molecule has 4 aromatic heterocycles. The molecule has 33 heavy (non-hydrogen) atoms. The third-order valence-corrected chi connectivity index (χ3v) is 5.83. The summed E-state index contributed by atoms with van der Waals surface area (Å²) in [7, 11) is 1.85. The number of aryl methyl sites for hydroxylation is 1. The first-order valence-electron chi connectivity index (χ1n) is 10.6. The van der Waals surface area contributed by atoms with Crippen LogP contribution in [-0.4, -0.2) is 40.9 Å². The van der Waals surface area contributed by atoms with E-state index in [1.807, 2.05) is 47.8 Å². The molecule has 5 aromatic rings. The van der Waals surface area contributed by atoms with Crippen LogP contribution in [0.4, 0.5) is 22.0 Å². The van der Waals surface area contributed by atoms with E-state index in [-0.39, 0.29) is 11.7 Å². The van der Waals surface area contributed by atoms with Crippen LogP contribution in [0, 0.1) is 5.82 Å². The van der Waals surface area contributed by atoms with Crippen LogP contribution in [0.5, 0.6) is 0 Å². The first kappa shape index (κ1) is 19.4. The summed E-state index contributed by atoms with van der Waals surface area (Å²) in [4.78, 5) is 8.99. The van der Waals surface area contributed by atoms with Crippen molar-refractivity contribution in [2.45, 2.75) is 12.3 Å². The van der Waals surface area contributed by atoms with Gasteiger partial charge in [-0.05, 0) is 42.3 Å². The quantitative estimate of drug-likeness (QED) is 0.430. The topological polar surface area (TPSA) is 97.9 Å². The average Bonchev–Trinajstić information content (AvgIpc) is 3.44. The highest BCUT2D eigenvalue weighted by molar-refractivity contribution is 5.71. The van der Waals surface area contributed by atoms with Gasteiger partial charge in [-0.2, -0.15) is 5.10 Å². The van der Waals surface area contributed by atoms with E-state index >= 15 is 0 Å². The minimum absolute atomic E-state index is 0.137. The Morgan fingerprint density at radius 1 is 1.09 bits per heavy atom. The molecular formula is C23H20FN9. The van der Waals surface area contributed by atoms with Crippen molar-refractivity contribution in [1.29, 1.82) is 0 Å². The van der Waals surface area contributed by atoms with E-state index in [2.05, 4.69) is 35.9 Å². The summed E-state index contributed by atoms with van der Waals surface area (Å²) in [5.74, 6) is 3.01. The summed E-state index contributed by atoms with van der Waals surface area (Å²) in [6.45, 7) is 0.714. The predicted octanol–water partition coefficient (Wildman–Crippen LogP) is 3.55. The van der Waals surface area contributed by atoms with Gasteiger partial charge in [-0.1, -0.05) is 12.1 Å². The fraction of sp³-hybridized carbons (Fsp3) is 0.174. The number of aromatic nitrogens is 7. The first-order chi connectivity index (χ1) is 16.1. The molecule has 5 heterocycles. The molecule has 0 unspecified atom stereocenters. The highest BCUT2D eigenvalue weighted by Gasteiger charge is 2.25. The van der Waals surface area contributed by atoms with Gasteiger partial charge in [0.1, 0.15) is 23.3 Å². The number of halogens is 1. The molecule has 0 radical (unpaired) electrons. The van der Waals surface area contributed by atoms with E-state index in [0.717, 1.165) is 46.3 Å². The monoisotopic (exact) mass is 441 g/mol. The number of hydrogen-bond acceptors (Lipinski definition) is 7. The van der Waals surface area contributed by atoms with Crippen LogP contribution in [0.2, 0.25) is 0 Å². The lowest BCUT2D eigenvalue weighted by molar-refractivity contribution is 0.619. The largest absolute Gasteiger partial charge is 0.370 e. The fourth-order valence-electron chi connectivity index (χ4n) is 4.16. The third kappa shape index (κ3) is 3.55. The van der Waals surface area contributed by atoms with E-state index in [0.29, 0.717) is 12.5 Å². The van der Waals surface area contributed by atoms with Gasteiger partial charge in [0.25, 0.3) is 0 Å². The minimum Gasteiger partial charge on any atom is -0.370 e. The second kappa shape index (κ2) is 7.66. The molecule has 0 saturated heterocycles. The lowest BCUT2D eigenvalue weighted by atomic mass is 9.97. The van der Waals surface area contributed by atoms with Gasteiger partial charge in [0.2, 0.25) is 5.95 Å². The van der Waals surface area contributed by atoms with E-state index in [4.69, 9.17) is 0 Å². The molecule has 1 aliphatic rings. The Kier molecular flexibility index (Phi) is 4.49. The van der Waals surface area contributed by atoms with Gasteiger partial charge < -0.3 is 10.6 Å². The molecule has 6 rings (SSSR count). The lowest BCUT2D eigenvalue weighted by Crippen LogP contribution is -2.24. The maximum atomic E-state index is 13.3. The number of benzene rings is 1. The van der Waals surface area contributed by atoms with Crippen LogP contribution >= 0.6 is 0 Å². The smallest absolute Gasteiger partial charge is 0.228 e. The van der Waals surface area contributed by atoms with Gasteiger partial charge in [0.15, 0.2) is 5.65 Å². The molecule has 0 bridgehead atoms. The van der Waals surface area contributed by atoms with Crippen molar-refractivity contribution in [3.63, 3.8) is 0 Å². The van der Waals surface area contributed by atoms with Gasteiger partial charge in [0, 0.05) is 37.3 Å². The van der Waals surface area contributed by atoms with Crippen molar-refractivity contribution in [2.75, 3.05) is 17.2 Å². The summed E-state index contributed by atoms with van der Waals surface area (Å²) in [5.41, 5.74) is 3.49. The zero-order valence-corrected chi connectivity index (χ0v) is 17.8. The number of rotatable bonds is 5. The van der Waals surface area contributed by atoms with E-state index in [1.165, 1.54) is 12.1 Å². The number of nitrogens with zero attached hydrogens (tertiary/aromatic N) is 7. The Bertz CT molecular complexity index is 1450. The van der Waals surface area contributed by atoms with Crippen LogP contribution in [0.1, 0.15) is 17.3 Å². The second-order valence-electron chi connectivity index (χ2n) is 8.02. The Balaban J connectivity index is 1.32. The molecule has 0 spiro atoms. The molecule has 0 aliphatic carbocycles. The molecule has 10 heteroatoms. The molecule has 1 aromatic carbocycles. The van der Waals surface area contributed by atoms with Gasteiger partial charge in [0.05, 0.1) is 11.9 Å². The number of anilines is 3. The van der Waals surface area contributed by atoms with Crippen molar-refractivity contribution in [3.05, 3.63) is 78.1 Å². The molecule has 9 nitrogen and oxygen atoms in total. The van der Waals surface area contributed by atoms with Crippen LogP contribution in [0.15, 0.2) is 60.9 Å². The number of hydrogen-bond donors (Lipinski definition) is 2. The van der Waals surface area contributed by atoms with Gasteiger partial charge in [-0.25, -0.2) is 14.4 Å². The normalized spacial score (nSPS) is 14.9. The van der Waals surface area contributed by atoms with Crippen molar-refractivity contribution < 1.29 is 4.39 Å². The van der Waals surface area contributed by atoms with Gasteiger partial charge in [-0.15, -0.1) is 10.2 Å². The number of nitrogens with one attached hydrogen (secondary N) is 2. The van der Waals surface area contributed by atoms with Crippen LogP contribution < -0.4 is 10.6 Å². The summed E-state index contributed by atoms with van der Waals surface area (Å²) in [6.07, 6.45) is 4.19. The van der Waals surface area contributed by atoms with Gasteiger partial charge in [-0.3, -0.25) is 9.08 Å². The molecule has 0 fully saturated rings. The van der Waals surface area contributed by atoms with Gasteiger partial charge >= 0.3 is 0 Å². The second-order valence-corrected chi connectivity index (χ2v) is 8.02. The molecule has 1 aliphatic heterocycles. The van der Waals surface area contributed by atoms with E-state index in [9.17, 15) is 4.39 Å². The van der Waals surface area contributed by atoms with Crippen LogP contribution in [0.25, 0.3) is 16.9 Å². The minimum atomic E-state index is -0.230. The zero-order chi connectivity index (χ0) is 22.4. The van der Waals surface area contributed by atoms with Crippen molar-refractivity contribution >= 4 is 23.2 Å². The van der Waals surface area contributed by atoms with Crippen molar-refractivity contribution in [3.8, 4) is 11.3 Å². The number of pyridine rings is 1. The maximum Gasteiger partial charge on any atom is 0.228 e. The Morgan fingerprint density at radius 2 is 1.97 bits per heavy atom. The average molecular weight is 441 g/mol. The summed E-state index contributed by atoms with van der Waals surface area (Å²) >= 11 is 0. The van der Waals surface area contributed by atoms with Crippen molar-refractivity contribution in [2.24, 2.45) is 7.05 Å². The molecule has 164 valence electrons. The predicted molar refractivity (Wildman–Crippen MR) is 122 cm³/mol. The standard InChI is InChI=1S/C23H20FN9/c1-32-19(7-9-27-32)29-23-25-8-6-18(28-23)15-11-20-26-13-16(10-14-2-4-17(24)5-3-14)22-31-30-21(12-15)33(20)22/h2-9,11-12,16,26H,10,13H2,1H3,(H,25,28,29)/t16-/m0/s1. The molecular weight excluding hydrogens is 421 g/mol. The molecule has 1 atom stereocenters. The third-order valence-electron chi connectivity index (χ3n) is 5.83. The molecule has 0 saturated carbocycles. The van der Waals surface area contributed by atoms with Crippen LogP contribution in [-0.2, 0) is 13.5 Å². The highest BCUT2D eigenvalue weighted by Crippen LogP contribution is 2.32.